The standard InChI is InChI=1S/C7H14NO2/c1-5(2)8-7(9)10-6(3)4/h5-6H,3H2,1-2,4H3,(H,8,9). The second-order valence-electron chi connectivity index (χ2n) is 2.51. The Balaban J connectivity index is 3.44. The van der Waals surface area contributed by atoms with Gasteiger partial charge in [0.2, 0.25) is 0 Å². The lowest BCUT2D eigenvalue weighted by molar-refractivity contribution is 0.124. The van der Waals surface area contributed by atoms with Gasteiger partial charge in [-0.15, -0.1) is 0 Å². The van der Waals surface area contributed by atoms with Crippen molar-refractivity contribution in [3.8, 4) is 0 Å². The second kappa shape index (κ2) is 4.14. The number of alkyl carbamates (subject to hydrolysis) is 1. The maximum absolute atomic E-state index is 10.7. The quantitative estimate of drug-likeness (QED) is 0.635. The molecule has 3 heteroatoms. The first-order valence-electron chi connectivity index (χ1n) is 3.32. The van der Waals surface area contributed by atoms with Crippen molar-refractivity contribution in [2.75, 3.05) is 0 Å². The molecule has 0 saturated heterocycles. The van der Waals surface area contributed by atoms with E-state index in [1.807, 2.05) is 13.8 Å². The van der Waals surface area contributed by atoms with Crippen LogP contribution in [0.3, 0.4) is 0 Å². The Bertz CT molecular complexity index is 98.2. The highest BCUT2D eigenvalue weighted by molar-refractivity contribution is 5.67. The van der Waals surface area contributed by atoms with Crippen molar-refractivity contribution >= 4 is 6.09 Å². The fraction of sp³-hybridized carbons (Fsp3) is 0.714. The summed E-state index contributed by atoms with van der Waals surface area (Å²) >= 11 is 0. The number of carbonyl (C=O) groups is 1. The van der Waals surface area contributed by atoms with Crippen molar-refractivity contribution in [2.24, 2.45) is 0 Å². The molecule has 0 rings (SSSR count). The van der Waals surface area contributed by atoms with Gasteiger partial charge in [-0.25, -0.2) is 4.79 Å². The summed E-state index contributed by atoms with van der Waals surface area (Å²) in [7, 11) is 0. The Morgan fingerprint density at radius 3 is 2.30 bits per heavy atom. The Kier molecular flexibility index (Phi) is 3.84. The molecule has 0 fully saturated rings. The van der Waals surface area contributed by atoms with Gasteiger partial charge in [-0.05, 0) is 27.7 Å². The summed E-state index contributed by atoms with van der Waals surface area (Å²) in [5, 5.41) is 2.57. The van der Waals surface area contributed by atoms with Crippen LogP contribution in [0.5, 0.6) is 0 Å². The van der Waals surface area contributed by atoms with Crippen LogP contribution >= 0.6 is 0 Å². The molecule has 0 heterocycles. The average Bonchev–Trinajstić information content (AvgIpc) is 1.58. The van der Waals surface area contributed by atoms with Crippen LogP contribution < -0.4 is 5.32 Å². The van der Waals surface area contributed by atoms with Crippen LogP contribution in [0.1, 0.15) is 20.8 Å². The van der Waals surface area contributed by atoms with Crippen LogP contribution in [0.15, 0.2) is 0 Å². The van der Waals surface area contributed by atoms with Crippen molar-refractivity contribution in [2.45, 2.75) is 32.9 Å². The molecule has 1 N–H and O–H groups in total. The SMILES string of the molecule is [CH2]C(C)OC(=O)NC(C)C. The van der Waals surface area contributed by atoms with E-state index in [1.165, 1.54) is 0 Å². The zero-order valence-electron chi connectivity index (χ0n) is 6.68. The van der Waals surface area contributed by atoms with Crippen LogP contribution in [0.2, 0.25) is 0 Å². The summed E-state index contributed by atoms with van der Waals surface area (Å²) in [6, 6.07) is 0.117. The number of hydrogen-bond acceptors (Lipinski definition) is 2. The van der Waals surface area contributed by atoms with Gasteiger partial charge in [0.15, 0.2) is 0 Å². The van der Waals surface area contributed by atoms with Gasteiger partial charge in [-0.2, -0.15) is 0 Å². The monoisotopic (exact) mass is 144 g/mol. The highest BCUT2D eigenvalue weighted by atomic mass is 16.6. The van der Waals surface area contributed by atoms with Gasteiger partial charge in [0.05, 0.1) is 0 Å². The van der Waals surface area contributed by atoms with Gasteiger partial charge in [0, 0.05) is 6.04 Å². The summed E-state index contributed by atoms with van der Waals surface area (Å²) in [6.07, 6.45) is -0.698. The minimum atomic E-state index is -0.405. The van der Waals surface area contributed by atoms with Crippen LogP contribution in [-0.4, -0.2) is 18.2 Å². The minimum absolute atomic E-state index is 0.117. The van der Waals surface area contributed by atoms with Gasteiger partial charge >= 0.3 is 6.09 Å². The normalized spacial score (nSPS) is 10.2. The number of carbonyl (C=O) groups excluding carboxylic acids is 1. The van der Waals surface area contributed by atoms with Crippen molar-refractivity contribution < 1.29 is 9.53 Å². The molecular weight excluding hydrogens is 130 g/mol. The third-order valence-electron chi connectivity index (χ3n) is 0.715. The predicted molar refractivity (Wildman–Crippen MR) is 39.6 cm³/mol. The van der Waals surface area contributed by atoms with E-state index in [9.17, 15) is 4.79 Å². The fourth-order valence-corrected chi connectivity index (χ4v) is 0.452. The maximum Gasteiger partial charge on any atom is 0.407 e. The number of hydrogen-bond donors (Lipinski definition) is 1. The topological polar surface area (TPSA) is 38.3 Å². The molecule has 1 atom stereocenters. The van der Waals surface area contributed by atoms with E-state index in [0.717, 1.165) is 0 Å². The molecule has 0 aliphatic rings. The van der Waals surface area contributed by atoms with E-state index in [2.05, 4.69) is 12.2 Å². The second-order valence-corrected chi connectivity index (χ2v) is 2.51. The van der Waals surface area contributed by atoms with Crippen LogP contribution in [0.25, 0.3) is 0 Å². The van der Waals surface area contributed by atoms with E-state index < -0.39 is 6.09 Å². The van der Waals surface area contributed by atoms with Gasteiger partial charge in [-0.3, -0.25) is 0 Å². The first-order valence-corrected chi connectivity index (χ1v) is 3.32. The summed E-state index contributed by atoms with van der Waals surface area (Å²) < 4.78 is 4.70. The van der Waals surface area contributed by atoms with E-state index >= 15 is 0 Å². The zero-order chi connectivity index (χ0) is 8.15. The van der Waals surface area contributed by atoms with Gasteiger partial charge in [-0.1, -0.05) is 0 Å². The number of rotatable bonds is 2. The number of nitrogens with one attached hydrogen (secondary N) is 1. The molecule has 0 aliphatic carbocycles. The molecular formula is C7H14NO2. The Labute approximate surface area is 61.8 Å². The van der Waals surface area contributed by atoms with Crippen molar-refractivity contribution in [1.82, 2.24) is 5.32 Å². The predicted octanol–water partition coefficient (Wildman–Crippen LogP) is 1.34. The Morgan fingerprint density at radius 1 is 1.50 bits per heavy atom. The minimum Gasteiger partial charge on any atom is -0.447 e. The highest BCUT2D eigenvalue weighted by Gasteiger charge is 2.04. The largest absolute Gasteiger partial charge is 0.447 e. The lowest BCUT2D eigenvalue weighted by Crippen LogP contribution is -2.32. The highest BCUT2D eigenvalue weighted by Crippen LogP contribution is 1.88. The van der Waals surface area contributed by atoms with E-state index in [0.29, 0.717) is 0 Å². The molecule has 3 nitrogen and oxygen atoms in total. The third-order valence-corrected chi connectivity index (χ3v) is 0.715. The summed E-state index contributed by atoms with van der Waals surface area (Å²) in [5.41, 5.74) is 0. The van der Waals surface area contributed by atoms with Crippen molar-refractivity contribution in [1.29, 1.82) is 0 Å². The molecule has 0 saturated carbocycles. The molecule has 0 aromatic heterocycles. The van der Waals surface area contributed by atoms with E-state index in [4.69, 9.17) is 4.74 Å². The fourth-order valence-electron chi connectivity index (χ4n) is 0.452. The molecule has 59 valence electrons. The molecule has 10 heavy (non-hydrogen) atoms. The molecule has 0 bridgehead atoms. The van der Waals surface area contributed by atoms with Gasteiger partial charge in [0.1, 0.15) is 6.10 Å². The lowest BCUT2D eigenvalue weighted by atomic mass is 10.4. The van der Waals surface area contributed by atoms with Crippen LogP contribution in [0, 0.1) is 6.92 Å². The van der Waals surface area contributed by atoms with Crippen LogP contribution in [0.4, 0.5) is 4.79 Å². The maximum atomic E-state index is 10.7. The summed E-state index contributed by atoms with van der Waals surface area (Å²) in [5.74, 6) is 0. The smallest absolute Gasteiger partial charge is 0.407 e. The number of ether oxygens (including phenoxy) is 1. The van der Waals surface area contributed by atoms with Gasteiger partial charge in [0.25, 0.3) is 0 Å². The molecule has 1 radical (unpaired) electrons. The molecule has 0 aromatic rings. The molecule has 0 aromatic carbocycles. The first-order chi connectivity index (χ1) is 4.52. The lowest BCUT2D eigenvalue weighted by Gasteiger charge is -2.10. The Morgan fingerprint density at radius 2 is 2.00 bits per heavy atom. The van der Waals surface area contributed by atoms with E-state index in [-0.39, 0.29) is 12.1 Å². The van der Waals surface area contributed by atoms with E-state index in [1.54, 1.807) is 6.92 Å². The molecule has 1 unspecified atom stereocenters. The molecule has 0 aliphatic heterocycles. The Hall–Kier alpha value is -0.730. The molecule has 1 amide bonds. The summed E-state index contributed by atoms with van der Waals surface area (Å²) in [6.45, 7) is 8.95. The van der Waals surface area contributed by atoms with Crippen molar-refractivity contribution in [3.63, 3.8) is 0 Å². The zero-order valence-corrected chi connectivity index (χ0v) is 6.68. The average molecular weight is 144 g/mol. The third kappa shape index (κ3) is 5.41. The summed E-state index contributed by atoms with van der Waals surface area (Å²) in [4.78, 5) is 10.7. The van der Waals surface area contributed by atoms with Crippen LogP contribution in [-0.2, 0) is 4.74 Å². The first kappa shape index (κ1) is 9.27. The number of amides is 1. The van der Waals surface area contributed by atoms with Gasteiger partial charge < -0.3 is 10.1 Å². The molecule has 0 spiro atoms. The van der Waals surface area contributed by atoms with Crippen molar-refractivity contribution in [3.05, 3.63) is 6.92 Å².